The minimum absolute atomic E-state index is 0.115. The van der Waals surface area contributed by atoms with Crippen molar-refractivity contribution in [2.45, 2.75) is 38.8 Å². The van der Waals surface area contributed by atoms with Gasteiger partial charge in [-0.3, -0.25) is 34.4 Å². The Labute approximate surface area is 234 Å². The standard InChI is InChI=1S/C31H27N5O5/c1-16(2)14-22-25-26(29(39)34(28(25)38)23-13-12-18(36(40)41)15-17(23)3)31(33-22)20-9-5-7-11-24(20)35-27(37)19-8-4-6-10-21(19)32-30(31)35/h4-13,15-16,22,25-26,33H,14H2,1-3H3/t22-,25-,26+,31-/m0/s1. The van der Waals surface area contributed by atoms with Gasteiger partial charge in [0.05, 0.1) is 39.0 Å². The number of fused-ring (bicyclic) bond motifs is 8. The molecule has 0 radical (unpaired) electrons. The van der Waals surface area contributed by atoms with Crippen molar-refractivity contribution in [2.75, 3.05) is 4.90 Å². The summed E-state index contributed by atoms with van der Waals surface area (Å²) in [4.78, 5) is 59.7. The van der Waals surface area contributed by atoms with Crippen LogP contribution in [0.15, 0.2) is 71.5 Å². The second kappa shape index (κ2) is 8.65. The molecule has 0 saturated carbocycles. The Kier molecular flexibility index (Phi) is 5.33. The summed E-state index contributed by atoms with van der Waals surface area (Å²) in [6, 6.07) is 18.3. The molecule has 0 aliphatic carbocycles. The Bertz CT molecular complexity index is 1880. The van der Waals surface area contributed by atoms with Crippen molar-refractivity contribution in [3.8, 4) is 5.69 Å². The van der Waals surface area contributed by atoms with Crippen LogP contribution in [-0.2, 0) is 15.1 Å². The van der Waals surface area contributed by atoms with Gasteiger partial charge in [0.25, 0.3) is 11.2 Å². The molecule has 0 unspecified atom stereocenters. The highest BCUT2D eigenvalue weighted by Gasteiger charge is 2.69. The average Bonchev–Trinajstić information content (AvgIpc) is 3.51. The minimum atomic E-state index is -1.22. The number of rotatable bonds is 4. The van der Waals surface area contributed by atoms with E-state index < -0.39 is 28.2 Å². The SMILES string of the molecule is Cc1cc([N+](=O)[O-])ccc1N1C(=O)[C@H]2[C@H](CC(C)C)N[C@@]3(c4ccccc4-n4c3nc3ccccc3c4=O)[C@H]2C1=O. The van der Waals surface area contributed by atoms with Crippen molar-refractivity contribution < 1.29 is 14.5 Å². The molecule has 1 spiro atoms. The molecule has 3 aliphatic heterocycles. The second-order valence-electron chi connectivity index (χ2n) is 11.5. The molecule has 3 aliphatic rings. The van der Waals surface area contributed by atoms with Gasteiger partial charge in [0, 0.05) is 23.7 Å². The minimum Gasteiger partial charge on any atom is -0.297 e. The van der Waals surface area contributed by atoms with Gasteiger partial charge in [0.2, 0.25) is 11.8 Å². The summed E-state index contributed by atoms with van der Waals surface area (Å²) >= 11 is 0. The van der Waals surface area contributed by atoms with Crippen LogP contribution in [0.2, 0.25) is 0 Å². The van der Waals surface area contributed by atoms with E-state index in [-0.39, 0.29) is 29.1 Å². The van der Waals surface area contributed by atoms with Crippen molar-refractivity contribution in [1.29, 1.82) is 0 Å². The smallest absolute Gasteiger partial charge is 0.269 e. The third-order valence-electron chi connectivity index (χ3n) is 8.72. The normalized spacial score (nSPS) is 24.4. The van der Waals surface area contributed by atoms with Crippen LogP contribution in [0.25, 0.3) is 16.6 Å². The fourth-order valence-electron chi connectivity index (χ4n) is 7.17. The highest BCUT2D eigenvalue weighted by molar-refractivity contribution is 6.23. The molecule has 4 heterocycles. The van der Waals surface area contributed by atoms with E-state index in [1.165, 1.54) is 23.1 Å². The van der Waals surface area contributed by atoms with Crippen LogP contribution in [-0.4, -0.2) is 32.3 Å². The number of nitro benzene ring substituents is 1. The summed E-state index contributed by atoms with van der Waals surface area (Å²) in [5.41, 5.74) is 1.08. The number of nitrogens with zero attached hydrogens (tertiary/aromatic N) is 4. The third kappa shape index (κ3) is 3.28. The molecule has 7 rings (SSSR count). The van der Waals surface area contributed by atoms with Crippen molar-refractivity contribution in [3.05, 3.63) is 104 Å². The summed E-state index contributed by atoms with van der Waals surface area (Å²) < 4.78 is 1.58. The van der Waals surface area contributed by atoms with Crippen LogP contribution in [0, 0.1) is 34.8 Å². The van der Waals surface area contributed by atoms with E-state index in [2.05, 4.69) is 19.2 Å². The lowest BCUT2D eigenvalue weighted by molar-refractivity contribution is -0.384. The third-order valence-corrected chi connectivity index (χ3v) is 8.72. The van der Waals surface area contributed by atoms with E-state index in [4.69, 9.17) is 4.98 Å². The summed E-state index contributed by atoms with van der Waals surface area (Å²) in [5, 5.41) is 15.5. The van der Waals surface area contributed by atoms with Gasteiger partial charge in [-0.15, -0.1) is 0 Å². The maximum Gasteiger partial charge on any atom is 0.269 e. The fourth-order valence-corrected chi connectivity index (χ4v) is 7.17. The Morgan fingerprint density at radius 3 is 2.46 bits per heavy atom. The predicted octanol–water partition coefficient (Wildman–Crippen LogP) is 3.98. The fraction of sp³-hybridized carbons (Fsp3) is 0.290. The summed E-state index contributed by atoms with van der Waals surface area (Å²) in [7, 11) is 0. The molecule has 0 bridgehead atoms. The molecule has 206 valence electrons. The number of imide groups is 1. The first-order chi connectivity index (χ1) is 19.6. The maximum atomic E-state index is 14.5. The quantitative estimate of drug-likeness (QED) is 0.232. The van der Waals surface area contributed by atoms with Crippen LogP contribution in [0.4, 0.5) is 11.4 Å². The van der Waals surface area contributed by atoms with E-state index in [1.807, 2.05) is 30.3 Å². The summed E-state index contributed by atoms with van der Waals surface area (Å²) in [5.74, 6) is -1.76. The first-order valence-electron chi connectivity index (χ1n) is 13.7. The number of hydrogen-bond acceptors (Lipinski definition) is 7. The molecular formula is C31H27N5O5. The highest BCUT2D eigenvalue weighted by atomic mass is 16.6. The number of anilines is 1. The lowest BCUT2D eigenvalue weighted by Crippen LogP contribution is -2.50. The first-order valence-corrected chi connectivity index (χ1v) is 13.7. The van der Waals surface area contributed by atoms with E-state index >= 15 is 0 Å². The number of carbonyl (C=O) groups is 2. The molecule has 3 aromatic carbocycles. The van der Waals surface area contributed by atoms with Gasteiger partial charge < -0.3 is 0 Å². The monoisotopic (exact) mass is 549 g/mol. The molecule has 10 heteroatoms. The van der Waals surface area contributed by atoms with Gasteiger partial charge in [-0.2, -0.15) is 0 Å². The zero-order chi connectivity index (χ0) is 28.8. The van der Waals surface area contributed by atoms with E-state index in [0.717, 1.165) is 5.56 Å². The second-order valence-corrected chi connectivity index (χ2v) is 11.5. The number of amides is 2. The van der Waals surface area contributed by atoms with E-state index in [9.17, 15) is 24.5 Å². The van der Waals surface area contributed by atoms with E-state index in [1.54, 1.807) is 29.7 Å². The Hall–Kier alpha value is -4.70. The van der Waals surface area contributed by atoms with Gasteiger partial charge in [0.15, 0.2) is 0 Å². The number of benzene rings is 3. The lowest BCUT2D eigenvalue weighted by atomic mass is 9.75. The van der Waals surface area contributed by atoms with Gasteiger partial charge in [-0.1, -0.05) is 44.2 Å². The van der Waals surface area contributed by atoms with Gasteiger partial charge in [0.1, 0.15) is 11.4 Å². The van der Waals surface area contributed by atoms with Crippen molar-refractivity contribution in [2.24, 2.45) is 17.8 Å². The van der Waals surface area contributed by atoms with Crippen LogP contribution < -0.4 is 15.8 Å². The van der Waals surface area contributed by atoms with E-state index in [0.29, 0.717) is 40.1 Å². The number of hydrogen-bond donors (Lipinski definition) is 1. The molecule has 4 aromatic rings. The van der Waals surface area contributed by atoms with Crippen LogP contribution in [0.3, 0.4) is 0 Å². The Morgan fingerprint density at radius 1 is 1.00 bits per heavy atom. The number of carbonyl (C=O) groups excluding carboxylic acids is 2. The van der Waals surface area contributed by atoms with Crippen molar-refractivity contribution in [1.82, 2.24) is 14.9 Å². The zero-order valence-corrected chi connectivity index (χ0v) is 22.7. The molecule has 2 saturated heterocycles. The van der Waals surface area contributed by atoms with Crippen molar-refractivity contribution >= 4 is 34.1 Å². The molecule has 4 atom stereocenters. The molecule has 2 amide bonds. The average molecular weight is 550 g/mol. The van der Waals surface area contributed by atoms with Crippen molar-refractivity contribution in [3.63, 3.8) is 0 Å². The van der Waals surface area contributed by atoms with Gasteiger partial charge >= 0.3 is 0 Å². The number of aromatic nitrogens is 2. The molecule has 10 nitrogen and oxygen atoms in total. The lowest BCUT2D eigenvalue weighted by Gasteiger charge is -2.32. The molecular weight excluding hydrogens is 522 g/mol. The van der Waals surface area contributed by atoms with Crippen LogP contribution in [0.5, 0.6) is 0 Å². The topological polar surface area (TPSA) is 127 Å². The molecule has 2 fully saturated rings. The van der Waals surface area contributed by atoms with Crippen LogP contribution in [0.1, 0.15) is 37.2 Å². The summed E-state index contributed by atoms with van der Waals surface area (Å²) in [6.07, 6.45) is 0.620. The number of non-ortho nitro benzene ring substituents is 1. The number of nitrogens with one attached hydrogen (secondary N) is 1. The molecule has 1 N–H and O–H groups in total. The largest absolute Gasteiger partial charge is 0.297 e. The van der Waals surface area contributed by atoms with Gasteiger partial charge in [-0.25, -0.2) is 9.88 Å². The Balaban J connectivity index is 1.49. The highest BCUT2D eigenvalue weighted by Crippen LogP contribution is 2.56. The Morgan fingerprint density at radius 2 is 1.73 bits per heavy atom. The van der Waals surface area contributed by atoms with Crippen LogP contribution >= 0.6 is 0 Å². The first kappa shape index (κ1) is 25.3. The number of para-hydroxylation sites is 2. The maximum absolute atomic E-state index is 14.5. The molecule has 1 aromatic heterocycles. The zero-order valence-electron chi connectivity index (χ0n) is 22.7. The molecule has 41 heavy (non-hydrogen) atoms. The van der Waals surface area contributed by atoms with Gasteiger partial charge in [-0.05, 0) is 49.1 Å². The predicted molar refractivity (Wildman–Crippen MR) is 152 cm³/mol. The number of nitro groups is 1. The summed E-state index contributed by atoms with van der Waals surface area (Å²) in [6.45, 7) is 5.78. The number of aryl methyl sites for hydroxylation is 1.